The van der Waals surface area contributed by atoms with Crippen molar-refractivity contribution in [3.05, 3.63) is 54.1 Å². The second-order valence-corrected chi connectivity index (χ2v) is 9.61. The molecule has 1 fully saturated rings. The molecule has 2 aromatic carbocycles. The van der Waals surface area contributed by atoms with E-state index in [0.29, 0.717) is 23.1 Å². The summed E-state index contributed by atoms with van der Waals surface area (Å²) < 4.78 is 35.6. The third-order valence-electron chi connectivity index (χ3n) is 4.18. The summed E-state index contributed by atoms with van der Waals surface area (Å²) in [5, 5.41) is 11.0. The van der Waals surface area contributed by atoms with Crippen molar-refractivity contribution in [2.24, 2.45) is 16.1 Å². The molecule has 0 spiro atoms. The van der Waals surface area contributed by atoms with Gasteiger partial charge in [0.1, 0.15) is 16.4 Å². The summed E-state index contributed by atoms with van der Waals surface area (Å²) in [6.07, 6.45) is 1.46. The molecule has 8 nitrogen and oxygen atoms in total. The lowest BCUT2D eigenvalue weighted by Gasteiger charge is -2.08. The highest BCUT2D eigenvalue weighted by molar-refractivity contribution is 8.15. The molecule has 1 unspecified atom stereocenters. The fraction of sp³-hybridized carbons (Fsp3) is 0.286. The summed E-state index contributed by atoms with van der Waals surface area (Å²) in [7, 11) is -3.99. The van der Waals surface area contributed by atoms with Crippen LogP contribution in [0.25, 0.3) is 0 Å². The fourth-order valence-corrected chi connectivity index (χ4v) is 4.56. The van der Waals surface area contributed by atoms with Crippen molar-refractivity contribution >= 4 is 39.2 Å². The van der Waals surface area contributed by atoms with Gasteiger partial charge in [-0.3, -0.25) is 4.79 Å². The quantitative estimate of drug-likeness (QED) is 0.367. The lowest BCUT2D eigenvalue weighted by atomic mass is 10.1. The number of amides is 1. The van der Waals surface area contributed by atoms with Crippen LogP contribution in [0.1, 0.15) is 26.3 Å². The van der Waals surface area contributed by atoms with E-state index in [-0.39, 0.29) is 27.7 Å². The number of benzene rings is 2. The van der Waals surface area contributed by atoms with Gasteiger partial charge >= 0.3 is 10.1 Å². The van der Waals surface area contributed by atoms with Crippen molar-refractivity contribution in [2.45, 2.75) is 30.9 Å². The number of nitrogens with zero attached hydrogens (tertiary/aromatic N) is 2. The number of rotatable bonds is 8. The Balaban J connectivity index is 1.68. The molecule has 0 aromatic heterocycles. The van der Waals surface area contributed by atoms with Gasteiger partial charge in [-0.05, 0) is 54.8 Å². The molecule has 2 aromatic rings. The number of carbonyl (C=O) groups is 1. The monoisotopic (exact) mass is 461 g/mol. The first-order chi connectivity index (χ1) is 14.8. The van der Waals surface area contributed by atoms with Gasteiger partial charge in [-0.2, -0.15) is 13.5 Å². The van der Waals surface area contributed by atoms with Crippen molar-refractivity contribution in [3.8, 4) is 11.5 Å². The largest absolute Gasteiger partial charge is 0.494 e. The van der Waals surface area contributed by atoms with Gasteiger partial charge in [-0.15, -0.1) is 5.10 Å². The summed E-state index contributed by atoms with van der Waals surface area (Å²) >= 11 is 1.34. The van der Waals surface area contributed by atoms with Crippen molar-refractivity contribution in [3.63, 3.8) is 0 Å². The van der Waals surface area contributed by atoms with Gasteiger partial charge < -0.3 is 14.2 Å². The Morgan fingerprint density at radius 2 is 1.90 bits per heavy atom. The van der Waals surface area contributed by atoms with Crippen molar-refractivity contribution in [2.75, 3.05) is 6.61 Å². The highest BCUT2D eigenvalue weighted by Crippen LogP contribution is 2.26. The highest BCUT2D eigenvalue weighted by atomic mass is 32.2. The van der Waals surface area contributed by atoms with Crippen molar-refractivity contribution in [1.29, 1.82) is 0 Å². The van der Waals surface area contributed by atoms with Gasteiger partial charge in [-0.25, -0.2) is 0 Å². The van der Waals surface area contributed by atoms with E-state index in [9.17, 15) is 13.2 Å². The predicted molar refractivity (Wildman–Crippen MR) is 121 cm³/mol. The zero-order valence-electron chi connectivity index (χ0n) is 17.3. The fourth-order valence-electron chi connectivity index (χ4n) is 2.71. The van der Waals surface area contributed by atoms with Crippen LogP contribution in [0.15, 0.2) is 63.6 Å². The van der Waals surface area contributed by atoms with Gasteiger partial charge in [0, 0.05) is 0 Å². The Morgan fingerprint density at radius 1 is 1.16 bits per heavy atom. The molecule has 0 aliphatic carbocycles. The summed E-state index contributed by atoms with van der Waals surface area (Å²) in [4.78, 5) is 11.9. The number of hydrogen-bond donors (Lipinski definition) is 1. The summed E-state index contributed by atoms with van der Waals surface area (Å²) in [5.41, 5.74) is 0.596. The molecule has 10 heteroatoms. The molecule has 1 saturated heterocycles. The minimum atomic E-state index is -3.99. The van der Waals surface area contributed by atoms with Crippen LogP contribution in [0.5, 0.6) is 11.5 Å². The minimum Gasteiger partial charge on any atom is -0.494 e. The van der Waals surface area contributed by atoms with E-state index in [1.165, 1.54) is 42.2 Å². The van der Waals surface area contributed by atoms with E-state index >= 15 is 0 Å². The van der Waals surface area contributed by atoms with E-state index in [1.807, 2.05) is 20.8 Å². The molecule has 31 heavy (non-hydrogen) atoms. The normalized spacial score (nSPS) is 18.0. The third kappa shape index (κ3) is 6.08. The van der Waals surface area contributed by atoms with Crippen LogP contribution < -0.4 is 14.2 Å². The number of hydrogen-bond acceptors (Lipinski definition) is 8. The summed E-state index contributed by atoms with van der Waals surface area (Å²) in [6, 6.07) is 12.5. The zero-order chi connectivity index (χ0) is 22.4. The lowest BCUT2D eigenvalue weighted by molar-refractivity contribution is -0.119. The van der Waals surface area contributed by atoms with Crippen molar-refractivity contribution in [1.82, 2.24) is 5.32 Å². The highest BCUT2D eigenvalue weighted by Gasteiger charge is 2.32. The van der Waals surface area contributed by atoms with Crippen LogP contribution in [0, 0.1) is 5.92 Å². The molecular weight excluding hydrogens is 438 g/mol. The van der Waals surface area contributed by atoms with Crippen LogP contribution >= 0.6 is 11.8 Å². The molecular formula is C21H23N3O5S2. The van der Waals surface area contributed by atoms with Gasteiger partial charge in [0.25, 0.3) is 0 Å². The molecule has 1 heterocycles. The minimum absolute atomic E-state index is 0.0233. The maximum absolute atomic E-state index is 12.5. The first-order valence-corrected chi connectivity index (χ1v) is 11.9. The molecule has 0 radical (unpaired) electrons. The van der Waals surface area contributed by atoms with E-state index in [4.69, 9.17) is 8.92 Å². The maximum Gasteiger partial charge on any atom is 0.339 e. The average Bonchev–Trinajstić information content (AvgIpc) is 3.09. The van der Waals surface area contributed by atoms with Crippen LogP contribution in [-0.4, -0.2) is 37.6 Å². The molecule has 1 aliphatic rings. The lowest BCUT2D eigenvalue weighted by Crippen LogP contribution is -2.27. The number of carbonyl (C=O) groups excluding carboxylic acids is 1. The molecule has 0 saturated carbocycles. The molecule has 1 aliphatic heterocycles. The topological polar surface area (TPSA) is 106 Å². The van der Waals surface area contributed by atoms with Crippen LogP contribution in [0.3, 0.4) is 0 Å². The zero-order valence-corrected chi connectivity index (χ0v) is 18.9. The Bertz CT molecular complexity index is 1100. The Kier molecular flexibility index (Phi) is 7.34. The molecule has 0 bridgehead atoms. The molecule has 1 atom stereocenters. The van der Waals surface area contributed by atoms with Crippen LogP contribution in [0.4, 0.5) is 0 Å². The summed E-state index contributed by atoms with van der Waals surface area (Å²) in [5.74, 6) is 0.836. The Morgan fingerprint density at radius 3 is 2.55 bits per heavy atom. The summed E-state index contributed by atoms with van der Waals surface area (Å²) in [6.45, 7) is 6.28. The second-order valence-electron chi connectivity index (χ2n) is 6.94. The number of amidine groups is 1. The number of nitrogens with one attached hydrogen (secondary N) is 1. The molecule has 1 N–H and O–H groups in total. The van der Waals surface area contributed by atoms with E-state index < -0.39 is 10.1 Å². The third-order valence-corrected chi connectivity index (χ3v) is 6.86. The van der Waals surface area contributed by atoms with E-state index in [0.717, 1.165) is 0 Å². The van der Waals surface area contributed by atoms with Gasteiger partial charge in [0.05, 0.1) is 18.1 Å². The van der Waals surface area contributed by atoms with Crippen molar-refractivity contribution < 1.29 is 22.1 Å². The first kappa shape index (κ1) is 22.8. The molecule has 164 valence electrons. The van der Waals surface area contributed by atoms with Crippen LogP contribution in [-0.2, 0) is 14.9 Å². The SMILES string of the molecule is CCOc1ccc(S(=O)(=O)Oc2cccc(C=NN=C3NC(=O)C(C(C)C)S3)c2)cc1. The maximum atomic E-state index is 12.5. The average molecular weight is 462 g/mol. The van der Waals surface area contributed by atoms with Gasteiger partial charge in [0.15, 0.2) is 5.17 Å². The first-order valence-electron chi connectivity index (χ1n) is 9.64. The second kappa shape index (κ2) is 9.97. The van der Waals surface area contributed by atoms with Gasteiger partial charge in [-0.1, -0.05) is 37.7 Å². The van der Waals surface area contributed by atoms with Gasteiger partial charge in [0.2, 0.25) is 5.91 Å². The van der Waals surface area contributed by atoms with E-state index in [2.05, 4.69) is 15.5 Å². The molecule has 3 rings (SSSR count). The van der Waals surface area contributed by atoms with E-state index in [1.54, 1.807) is 24.3 Å². The molecule has 1 amide bonds. The van der Waals surface area contributed by atoms with Crippen LogP contribution in [0.2, 0.25) is 0 Å². The predicted octanol–water partition coefficient (Wildman–Crippen LogP) is 3.43. The Hall–Kier alpha value is -2.85. The smallest absolute Gasteiger partial charge is 0.339 e. The standard InChI is InChI=1S/C21H23N3O5S2/c1-4-28-16-8-10-18(11-9-16)31(26,27)29-17-7-5-6-15(12-17)13-22-24-21-23-20(25)19(30-21)14(2)3/h5-14,19H,4H2,1-3H3,(H,23,24,25). The number of ether oxygens (including phenoxy) is 1. The Labute approximate surface area is 185 Å². The number of thioether (sulfide) groups is 1.